The maximum atomic E-state index is 13.1. The van der Waals surface area contributed by atoms with Gasteiger partial charge in [0, 0.05) is 18.0 Å². The number of aliphatic hydroxyl groups is 1. The van der Waals surface area contributed by atoms with Crippen molar-refractivity contribution in [2.24, 2.45) is 0 Å². The molecule has 2 N–H and O–H groups in total. The highest BCUT2D eigenvalue weighted by atomic mass is 32.2. The number of aliphatic hydroxyl groups excluding tert-OH is 1. The van der Waals surface area contributed by atoms with E-state index in [1.807, 2.05) is 17.5 Å². The van der Waals surface area contributed by atoms with Crippen LogP contribution in [0.4, 0.5) is 4.39 Å². The van der Waals surface area contributed by atoms with Gasteiger partial charge in [-0.3, -0.25) is 0 Å². The Morgan fingerprint density at radius 1 is 1.23 bits per heavy atom. The first-order valence-electron chi connectivity index (χ1n) is 6.92. The number of hydrogen-bond acceptors (Lipinski definition) is 4. The fraction of sp³-hybridized carbons (Fsp3) is 0.333. The van der Waals surface area contributed by atoms with E-state index in [1.165, 1.54) is 18.2 Å². The molecule has 0 aliphatic rings. The van der Waals surface area contributed by atoms with Crippen LogP contribution in [0.25, 0.3) is 0 Å². The van der Waals surface area contributed by atoms with E-state index in [2.05, 4.69) is 4.72 Å². The molecule has 120 valence electrons. The predicted molar refractivity (Wildman–Crippen MR) is 85.0 cm³/mol. The molecule has 1 atom stereocenters. The Morgan fingerprint density at radius 2 is 2.05 bits per heavy atom. The Hall–Kier alpha value is -1.28. The van der Waals surface area contributed by atoms with E-state index < -0.39 is 15.8 Å². The number of benzene rings is 1. The van der Waals surface area contributed by atoms with Crippen LogP contribution < -0.4 is 4.72 Å². The maximum absolute atomic E-state index is 13.1. The summed E-state index contributed by atoms with van der Waals surface area (Å²) in [5.41, 5.74) is 0. The van der Waals surface area contributed by atoms with Gasteiger partial charge in [0.15, 0.2) is 0 Å². The summed E-state index contributed by atoms with van der Waals surface area (Å²) < 4.78 is 39.8. The highest BCUT2D eigenvalue weighted by molar-refractivity contribution is 7.89. The maximum Gasteiger partial charge on any atom is 0.240 e. The Bertz CT molecular complexity index is 687. The summed E-state index contributed by atoms with van der Waals surface area (Å²) in [5, 5.41) is 11.1. The molecule has 1 aromatic heterocycles. The minimum atomic E-state index is -3.71. The van der Waals surface area contributed by atoms with Gasteiger partial charge in [0.2, 0.25) is 10.0 Å². The lowest BCUT2D eigenvalue weighted by atomic mass is 10.0. The third-order valence-electron chi connectivity index (χ3n) is 3.31. The van der Waals surface area contributed by atoms with Crippen molar-refractivity contribution in [3.8, 4) is 0 Å². The van der Waals surface area contributed by atoms with Crippen LogP contribution in [-0.4, -0.2) is 26.7 Å². The van der Waals surface area contributed by atoms with Crippen LogP contribution in [0.5, 0.6) is 0 Å². The van der Waals surface area contributed by atoms with E-state index in [0.717, 1.165) is 10.9 Å². The van der Waals surface area contributed by atoms with Crippen LogP contribution in [-0.2, 0) is 10.0 Å². The number of thiophene rings is 1. The lowest BCUT2D eigenvalue weighted by Crippen LogP contribution is -2.26. The minimum absolute atomic E-state index is 0.0548. The Labute approximate surface area is 133 Å². The van der Waals surface area contributed by atoms with E-state index in [4.69, 9.17) is 5.11 Å². The van der Waals surface area contributed by atoms with Gasteiger partial charge in [-0.15, -0.1) is 11.3 Å². The summed E-state index contributed by atoms with van der Waals surface area (Å²) in [6.45, 7) is 0.292. The van der Waals surface area contributed by atoms with E-state index >= 15 is 0 Å². The molecule has 0 unspecified atom stereocenters. The molecule has 0 spiro atoms. The molecular weight excluding hydrogens is 325 g/mol. The van der Waals surface area contributed by atoms with Crippen molar-refractivity contribution < 1.29 is 17.9 Å². The molecule has 0 aliphatic heterocycles. The van der Waals surface area contributed by atoms with Crippen LogP contribution in [0, 0.1) is 5.82 Å². The van der Waals surface area contributed by atoms with Gasteiger partial charge in [-0.05, 0) is 48.4 Å². The molecule has 0 radical (unpaired) electrons. The minimum Gasteiger partial charge on any atom is -0.396 e. The van der Waals surface area contributed by atoms with Crippen molar-refractivity contribution in [2.75, 3.05) is 13.2 Å². The van der Waals surface area contributed by atoms with Gasteiger partial charge in [-0.2, -0.15) is 0 Å². The molecule has 0 saturated heterocycles. The second-order valence-corrected chi connectivity index (χ2v) is 7.61. The first-order chi connectivity index (χ1) is 10.5. The first kappa shape index (κ1) is 17.1. The second-order valence-electron chi connectivity index (χ2n) is 4.87. The fourth-order valence-corrected chi connectivity index (χ4v) is 4.17. The van der Waals surface area contributed by atoms with Crippen molar-refractivity contribution in [1.82, 2.24) is 4.72 Å². The smallest absolute Gasteiger partial charge is 0.240 e. The Balaban J connectivity index is 1.97. The summed E-state index contributed by atoms with van der Waals surface area (Å²) in [4.78, 5) is 1.04. The molecular formula is C15H18FNO3S2. The van der Waals surface area contributed by atoms with E-state index in [1.54, 1.807) is 11.3 Å². The predicted octanol–water partition coefficient (Wildman–Crippen LogP) is 2.72. The Morgan fingerprint density at radius 3 is 2.68 bits per heavy atom. The zero-order valence-electron chi connectivity index (χ0n) is 11.9. The van der Waals surface area contributed by atoms with Crippen LogP contribution in [0.15, 0.2) is 46.7 Å². The average Bonchev–Trinajstić information content (AvgIpc) is 3.00. The number of rotatable bonds is 8. The van der Waals surface area contributed by atoms with Gasteiger partial charge in [0.25, 0.3) is 0 Å². The topological polar surface area (TPSA) is 66.4 Å². The summed E-state index contributed by atoms with van der Waals surface area (Å²) in [5.74, 6) is -0.472. The van der Waals surface area contributed by atoms with Gasteiger partial charge < -0.3 is 5.11 Å². The molecule has 0 aliphatic carbocycles. The standard InChI is InChI=1S/C15H18FNO3S2/c16-13-3-1-4-14(11-13)22(19,20)17-8-6-12(7-9-18)15-5-2-10-21-15/h1-5,10-12,17-18H,6-9H2/t12-/m1/s1. The first-order valence-corrected chi connectivity index (χ1v) is 9.28. The third-order valence-corrected chi connectivity index (χ3v) is 5.81. The van der Waals surface area contributed by atoms with Gasteiger partial charge in [0.05, 0.1) is 4.90 Å². The molecule has 0 amide bonds. The summed E-state index contributed by atoms with van der Waals surface area (Å²) in [7, 11) is -3.71. The molecule has 1 heterocycles. The number of sulfonamides is 1. The molecule has 2 rings (SSSR count). The van der Waals surface area contributed by atoms with Crippen LogP contribution in [0.1, 0.15) is 23.6 Å². The van der Waals surface area contributed by atoms with Crippen LogP contribution >= 0.6 is 11.3 Å². The summed E-state index contributed by atoms with van der Waals surface area (Å²) in [6.07, 6.45) is 1.16. The third kappa shape index (κ3) is 4.61. The number of hydrogen-bond donors (Lipinski definition) is 2. The zero-order chi connectivity index (χ0) is 16.0. The van der Waals surface area contributed by atoms with Crippen LogP contribution in [0.3, 0.4) is 0 Å². The average molecular weight is 343 g/mol. The van der Waals surface area contributed by atoms with Crippen molar-refractivity contribution in [1.29, 1.82) is 0 Å². The lowest BCUT2D eigenvalue weighted by molar-refractivity contribution is 0.273. The molecule has 0 fully saturated rings. The van der Waals surface area contributed by atoms with Crippen LogP contribution in [0.2, 0.25) is 0 Å². The van der Waals surface area contributed by atoms with Crippen molar-refractivity contribution >= 4 is 21.4 Å². The summed E-state index contributed by atoms with van der Waals surface area (Å²) in [6, 6.07) is 8.83. The van der Waals surface area contributed by atoms with Gasteiger partial charge in [-0.1, -0.05) is 12.1 Å². The largest absolute Gasteiger partial charge is 0.396 e. The van der Waals surface area contributed by atoms with Gasteiger partial charge >= 0.3 is 0 Å². The molecule has 1 aromatic carbocycles. The van der Waals surface area contributed by atoms with E-state index in [9.17, 15) is 12.8 Å². The highest BCUT2D eigenvalue weighted by Crippen LogP contribution is 2.27. The van der Waals surface area contributed by atoms with E-state index in [-0.39, 0.29) is 24.0 Å². The monoisotopic (exact) mass is 343 g/mol. The molecule has 4 nitrogen and oxygen atoms in total. The Kier molecular flexibility index (Phi) is 6.07. The summed E-state index contributed by atoms with van der Waals surface area (Å²) >= 11 is 1.59. The molecule has 0 saturated carbocycles. The van der Waals surface area contributed by atoms with Crippen molar-refractivity contribution in [2.45, 2.75) is 23.7 Å². The van der Waals surface area contributed by atoms with E-state index in [0.29, 0.717) is 12.8 Å². The van der Waals surface area contributed by atoms with Crippen molar-refractivity contribution in [3.63, 3.8) is 0 Å². The molecule has 7 heteroatoms. The van der Waals surface area contributed by atoms with Gasteiger partial charge in [0.1, 0.15) is 5.82 Å². The highest BCUT2D eigenvalue weighted by Gasteiger charge is 2.17. The number of halogens is 1. The molecule has 22 heavy (non-hydrogen) atoms. The number of nitrogens with one attached hydrogen (secondary N) is 1. The SMILES string of the molecule is O=S(=O)(NCC[C@H](CCO)c1cccs1)c1cccc(F)c1. The van der Waals surface area contributed by atoms with Crippen molar-refractivity contribution in [3.05, 3.63) is 52.5 Å². The normalized spacial score (nSPS) is 13.2. The quantitative estimate of drug-likeness (QED) is 0.774. The zero-order valence-corrected chi connectivity index (χ0v) is 13.5. The second kappa shape index (κ2) is 7.82. The lowest BCUT2D eigenvalue weighted by Gasteiger charge is -2.14. The molecule has 0 bridgehead atoms. The molecule has 2 aromatic rings. The fourth-order valence-electron chi connectivity index (χ4n) is 2.19. The van der Waals surface area contributed by atoms with Gasteiger partial charge in [-0.25, -0.2) is 17.5 Å².